The van der Waals surface area contributed by atoms with Crippen LogP contribution in [0.2, 0.25) is 0 Å². The number of nitrogens with zero attached hydrogens (tertiary/aromatic N) is 4. The van der Waals surface area contributed by atoms with Crippen molar-refractivity contribution in [1.82, 2.24) is 25.4 Å². The van der Waals surface area contributed by atoms with E-state index in [0.717, 1.165) is 30.2 Å². The van der Waals surface area contributed by atoms with Gasteiger partial charge in [-0.3, -0.25) is 0 Å². The van der Waals surface area contributed by atoms with Gasteiger partial charge in [0.05, 0.1) is 19.1 Å². The summed E-state index contributed by atoms with van der Waals surface area (Å²) in [4.78, 5) is 8.86. The molecule has 1 aromatic heterocycles. The van der Waals surface area contributed by atoms with Crippen molar-refractivity contribution in [2.24, 2.45) is 4.99 Å². The van der Waals surface area contributed by atoms with E-state index in [4.69, 9.17) is 9.73 Å². The quantitative estimate of drug-likeness (QED) is 0.472. The molecule has 31 heavy (non-hydrogen) atoms. The Morgan fingerprint density at radius 1 is 1.19 bits per heavy atom. The Labute approximate surface area is 183 Å². The minimum Gasteiger partial charge on any atom is -0.487 e. The third-order valence-corrected chi connectivity index (χ3v) is 5.25. The van der Waals surface area contributed by atoms with Gasteiger partial charge in [0.25, 0.3) is 0 Å². The van der Waals surface area contributed by atoms with Gasteiger partial charge in [-0.05, 0) is 38.0 Å². The first-order valence-corrected chi connectivity index (χ1v) is 10.8. The summed E-state index contributed by atoms with van der Waals surface area (Å²) in [6.45, 7) is 8.42. The number of rotatable bonds is 6. The Kier molecular flexibility index (Phi) is 6.21. The van der Waals surface area contributed by atoms with Gasteiger partial charge in [0, 0.05) is 18.5 Å². The lowest BCUT2D eigenvalue weighted by atomic mass is 9.90. The van der Waals surface area contributed by atoms with Crippen LogP contribution in [0.4, 0.5) is 0 Å². The molecule has 2 aromatic carbocycles. The van der Waals surface area contributed by atoms with E-state index in [2.05, 4.69) is 77.9 Å². The van der Waals surface area contributed by atoms with Gasteiger partial charge in [-0.1, -0.05) is 42.5 Å². The SMILES string of the molecule is CCNC(=NCc1cccc(Cn2cncn2)c1)NC1CC(C)(C)Oc2ccccc21. The molecule has 1 aliphatic heterocycles. The van der Waals surface area contributed by atoms with Gasteiger partial charge in [-0.25, -0.2) is 14.7 Å². The number of benzene rings is 2. The second-order valence-corrected chi connectivity index (χ2v) is 8.41. The third-order valence-electron chi connectivity index (χ3n) is 5.25. The highest BCUT2D eigenvalue weighted by Crippen LogP contribution is 2.39. The summed E-state index contributed by atoms with van der Waals surface area (Å²) in [6, 6.07) is 16.8. The molecule has 0 spiro atoms. The van der Waals surface area contributed by atoms with Gasteiger partial charge in [0.1, 0.15) is 24.0 Å². The monoisotopic (exact) mass is 418 g/mol. The fourth-order valence-corrected chi connectivity index (χ4v) is 3.91. The topological polar surface area (TPSA) is 76.4 Å². The van der Waals surface area contributed by atoms with Crippen molar-refractivity contribution in [2.45, 2.75) is 51.9 Å². The number of guanidine groups is 1. The van der Waals surface area contributed by atoms with Crippen LogP contribution in [0.15, 0.2) is 66.2 Å². The molecule has 1 unspecified atom stereocenters. The summed E-state index contributed by atoms with van der Waals surface area (Å²) in [6.07, 6.45) is 4.14. The zero-order valence-corrected chi connectivity index (χ0v) is 18.4. The molecule has 0 amide bonds. The fourth-order valence-electron chi connectivity index (χ4n) is 3.91. The largest absolute Gasteiger partial charge is 0.487 e. The van der Waals surface area contributed by atoms with Gasteiger partial charge in [0.2, 0.25) is 0 Å². The van der Waals surface area contributed by atoms with Gasteiger partial charge >= 0.3 is 0 Å². The van der Waals surface area contributed by atoms with E-state index >= 15 is 0 Å². The van der Waals surface area contributed by atoms with E-state index in [9.17, 15) is 0 Å². The molecule has 0 saturated carbocycles. The molecule has 1 atom stereocenters. The predicted molar refractivity (Wildman–Crippen MR) is 122 cm³/mol. The van der Waals surface area contributed by atoms with Crippen LogP contribution >= 0.6 is 0 Å². The maximum Gasteiger partial charge on any atom is 0.192 e. The molecule has 0 fully saturated rings. The van der Waals surface area contributed by atoms with Crippen LogP contribution in [0, 0.1) is 0 Å². The lowest BCUT2D eigenvalue weighted by molar-refractivity contribution is 0.0694. The number of ether oxygens (including phenoxy) is 1. The average Bonchev–Trinajstić information content (AvgIpc) is 3.25. The first kappa shape index (κ1) is 20.9. The predicted octanol–water partition coefficient (Wildman–Crippen LogP) is 3.68. The Hall–Kier alpha value is -3.35. The van der Waals surface area contributed by atoms with Crippen molar-refractivity contribution in [3.05, 3.63) is 77.9 Å². The van der Waals surface area contributed by atoms with E-state index < -0.39 is 0 Å². The summed E-state index contributed by atoms with van der Waals surface area (Å²) in [5.74, 6) is 1.74. The number of para-hydroxylation sites is 1. The number of aromatic nitrogens is 3. The normalized spacial score (nSPS) is 17.5. The first-order valence-electron chi connectivity index (χ1n) is 10.8. The van der Waals surface area contributed by atoms with E-state index in [1.165, 1.54) is 11.1 Å². The number of nitrogens with one attached hydrogen (secondary N) is 2. The maximum absolute atomic E-state index is 6.16. The molecular weight excluding hydrogens is 388 g/mol. The first-order chi connectivity index (χ1) is 15.0. The molecule has 0 bridgehead atoms. The summed E-state index contributed by atoms with van der Waals surface area (Å²) in [5, 5.41) is 11.2. The van der Waals surface area contributed by atoms with Crippen molar-refractivity contribution in [3.63, 3.8) is 0 Å². The van der Waals surface area contributed by atoms with Gasteiger partial charge < -0.3 is 15.4 Å². The standard InChI is InChI=1S/C24H30N6O/c1-4-26-23(29-21-13-24(2,3)31-22-11-6-5-10-20(21)22)27-14-18-8-7-9-19(12-18)15-30-17-25-16-28-30/h5-12,16-17,21H,4,13-15H2,1-3H3,(H2,26,27,29). The van der Waals surface area contributed by atoms with Crippen LogP contribution in [-0.2, 0) is 13.1 Å². The summed E-state index contributed by atoms with van der Waals surface area (Å²) < 4.78 is 7.98. The molecule has 0 aliphatic carbocycles. The van der Waals surface area contributed by atoms with Crippen LogP contribution in [0.25, 0.3) is 0 Å². The Bertz CT molecular complexity index is 1030. The Balaban J connectivity index is 1.49. The van der Waals surface area contributed by atoms with Gasteiger partial charge in [0.15, 0.2) is 5.96 Å². The molecule has 4 rings (SSSR count). The van der Waals surface area contributed by atoms with Crippen molar-refractivity contribution in [2.75, 3.05) is 6.54 Å². The second kappa shape index (κ2) is 9.20. The minimum atomic E-state index is -0.237. The second-order valence-electron chi connectivity index (χ2n) is 8.41. The molecule has 0 saturated heterocycles. The molecule has 7 nitrogen and oxygen atoms in total. The number of fused-ring (bicyclic) bond motifs is 1. The summed E-state index contributed by atoms with van der Waals surface area (Å²) >= 11 is 0. The zero-order valence-electron chi connectivity index (χ0n) is 18.4. The highest BCUT2D eigenvalue weighted by atomic mass is 16.5. The molecule has 2 heterocycles. The molecule has 162 valence electrons. The lowest BCUT2D eigenvalue weighted by Crippen LogP contribution is -2.45. The van der Waals surface area contributed by atoms with E-state index in [-0.39, 0.29) is 11.6 Å². The Morgan fingerprint density at radius 3 is 2.84 bits per heavy atom. The number of hydrogen-bond donors (Lipinski definition) is 2. The third kappa shape index (κ3) is 5.42. The van der Waals surface area contributed by atoms with Gasteiger partial charge in [-0.15, -0.1) is 0 Å². The van der Waals surface area contributed by atoms with Crippen LogP contribution in [0.5, 0.6) is 5.75 Å². The number of aliphatic imine (C=N–C) groups is 1. The van der Waals surface area contributed by atoms with E-state index in [1.54, 1.807) is 12.7 Å². The average molecular weight is 419 g/mol. The molecule has 3 aromatic rings. The van der Waals surface area contributed by atoms with Crippen molar-refractivity contribution in [1.29, 1.82) is 0 Å². The summed E-state index contributed by atoms with van der Waals surface area (Å²) in [5.41, 5.74) is 3.26. The van der Waals surface area contributed by atoms with Crippen LogP contribution in [0.3, 0.4) is 0 Å². The van der Waals surface area contributed by atoms with E-state index in [1.807, 2.05) is 16.8 Å². The summed E-state index contributed by atoms with van der Waals surface area (Å²) in [7, 11) is 0. The smallest absolute Gasteiger partial charge is 0.192 e. The van der Waals surface area contributed by atoms with Gasteiger partial charge in [-0.2, -0.15) is 5.10 Å². The Morgan fingerprint density at radius 2 is 2.03 bits per heavy atom. The molecular formula is C24H30N6O. The highest BCUT2D eigenvalue weighted by Gasteiger charge is 2.33. The zero-order chi connectivity index (χ0) is 21.7. The molecule has 1 aliphatic rings. The van der Waals surface area contributed by atoms with Crippen molar-refractivity contribution < 1.29 is 4.74 Å². The highest BCUT2D eigenvalue weighted by molar-refractivity contribution is 5.80. The molecule has 0 radical (unpaired) electrons. The van der Waals surface area contributed by atoms with Crippen LogP contribution in [-0.4, -0.2) is 32.9 Å². The minimum absolute atomic E-state index is 0.136. The van der Waals surface area contributed by atoms with Crippen molar-refractivity contribution in [3.8, 4) is 5.75 Å². The van der Waals surface area contributed by atoms with Crippen LogP contribution < -0.4 is 15.4 Å². The van der Waals surface area contributed by atoms with Crippen molar-refractivity contribution >= 4 is 5.96 Å². The van der Waals surface area contributed by atoms with Crippen LogP contribution in [0.1, 0.15) is 49.9 Å². The lowest BCUT2D eigenvalue weighted by Gasteiger charge is -2.38. The maximum atomic E-state index is 6.16. The van der Waals surface area contributed by atoms with E-state index in [0.29, 0.717) is 13.1 Å². The molecule has 2 N–H and O–H groups in total. The fraction of sp³-hybridized carbons (Fsp3) is 0.375. The number of hydrogen-bond acceptors (Lipinski definition) is 4. The molecule has 7 heteroatoms.